The topological polar surface area (TPSA) is 46.3 Å². The fourth-order valence-corrected chi connectivity index (χ4v) is 3.27. The minimum absolute atomic E-state index is 0.0169. The zero-order valence-electron chi connectivity index (χ0n) is 11.3. The number of hydrogen-bond acceptors (Lipinski definition) is 3. The Morgan fingerprint density at radius 2 is 2.33 bits per heavy atom. The van der Waals surface area contributed by atoms with Crippen molar-refractivity contribution in [2.75, 3.05) is 13.1 Å². The van der Waals surface area contributed by atoms with Gasteiger partial charge in [0.05, 0.1) is 5.92 Å². The molecule has 1 saturated heterocycles. The van der Waals surface area contributed by atoms with Crippen molar-refractivity contribution in [3.05, 3.63) is 22.4 Å². The highest BCUT2D eigenvalue weighted by molar-refractivity contribution is 7.10. The van der Waals surface area contributed by atoms with Gasteiger partial charge in [-0.2, -0.15) is 0 Å². The van der Waals surface area contributed by atoms with Crippen LogP contribution >= 0.6 is 11.3 Å². The Bertz CT molecular complexity index is 413. The van der Waals surface area contributed by atoms with Gasteiger partial charge in [0, 0.05) is 24.0 Å². The number of carbonyl (C=O) groups excluding carboxylic acids is 1. The van der Waals surface area contributed by atoms with E-state index in [4.69, 9.17) is 5.73 Å². The van der Waals surface area contributed by atoms with Gasteiger partial charge in [-0.3, -0.25) is 4.79 Å². The second kappa shape index (κ2) is 5.02. The number of carbonyl (C=O) groups is 1. The molecule has 2 N–H and O–H groups in total. The average Bonchev–Trinajstić information content (AvgIpc) is 2.84. The predicted molar refractivity (Wildman–Crippen MR) is 75.7 cm³/mol. The molecule has 0 radical (unpaired) electrons. The van der Waals surface area contributed by atoms with Crippen molar-refractivity contribution >= 4 is 17.2 Å². The van der Waals surface area contributed by atoms with E-state index >= 15 is 0 Å². The van der Waals surface area contributed by atoms with Crippen LogP contribution in [-0.4, -0.2) is 29.9 Å². The summed E-state index contributed by atoms with van der Waals surface area (Å²) in [7, 11) is 0. The number of nitrogens with two attached hydrogens (primary N) is 1. The van der Waals surface area contributed by atoms with Crippen molar-refractivity contribution in [2.45, 2.75) is 39.2 Å². The van der Waals surface area contributed by atoms with E-state index in [2.05, 4.69) is 13.8 Å². The van der Waals surface area contributed by atoms with Crippen LogP contribution in [0.3, 0.4) is 0 Å². The molecule has 2 atom stereocenters. The largest absolute Gasteiger partial charge is 0.341 e. The van der Waals surface area contributed by atoms with Gasteiger partial charge in [0.2, 0.25) is 5.91 Å². The Balaban J connectivity index is 2.06. The van der Waals surface area contributed by atoms with E-state index < -0.39 is 0 Å². The minimum atomic E-state index is -0.0323. The highest BCUT2D eigenvalue weighted by Crippen LogP contribution is 2.30. The highest BCUT2D eigenvalue weighted by atomic mass is 32.1. The smallest absolute Gasteiger partial charge is 0.230 e. The van der Waals surface area contributed by atoms with Crippen LogP contribution in [0.4, 0.5) is 0 Å². The minimum Gasteiger partial charge on any atom is -0.341 e. The molecule has 3 nitrogen and oxygen atoms in total. The van der Waals surface area contributed by atoms with Gasteiger partial charge in [-0.15, -0.1) is 11.3 Å². The summed E-state index contributed by atoms with van der Waals surface area (Å²) in [4.78, 5) is 15.6. The van der Waals surface area contributed by atoms with Crippen molar-refractivity contribution in [1.29, 1.82) is 0 Å². The van der Waals surface area contributed by atoms with Crippen molar-refractivity contribution in [2.24, 2.45) is 11.1 Å². The first-order valence-corrected chi connectivity index (χ1v) is 7.37. The molecule has 0 saturated carbocycles. The van der Waals surface area contributed by atoms with Crippen molar-refractivity contribution in [3.63, 3.8) is 0 Å². The summed E-state index contributed by atoms with van der Waals surface area (Å²) < 4.78 is 0. The van der Waals surface area contributed by atoms with Crippen molar-refractivity contribution < 1.29 is 4.79 Å². The predicted octanol–water partition coefficient (Wildman–Crippen LogP) is 2.44. The monoisotopic (exact) mass is 266 g/mol. The number of piperidine rings is 1. The van der Waals surface area contributed by atoms with E-state index in [9.17, 15) is 4.79 Å². The molecule has 1 fully saturated rings. The molecule has 1 aromatic heterocycles. The van der Waals surface area contributed by atoms with Gasteiger partial charge in [-0.05, 0) is 30.2 Å². The van der Waals surface area contributed by atoms with Crippen LogP contribution in [0.15, 0.2) is 17.5 Å². The van der Waals surface area contributed by atoms with Gasteiger partial charge < -0.3 is 10.6 Å². The molecule has 1 aliphatic rings. The first kappa shape index (κ1) is 13.6. The SMILES string of the molecule is CC(C(=O)N1CCC(N)C(C)(C)C1)c1cccs1. The highest BCUT2D eigenvalue weighted by Gasteiger charge is 2.36. The van der Waals surface area contributed by atoms with Crippen LogP contribution in [0.2, 0.25) is 0 Å². The van der Waals surface area contributed by atoms with Crippen LogP contribution in [0.5, 0.6) is 0 Å². The lowest BCUT2D eigenvalue weighted by atomic mass is 9.79. The summed E-state index contributed by atoms with van der Waals surface area (Å²) in [6, 6.07) is 4.23. The van der Waals surface area contributed by atoms with Gasteiger partial charge in [-0.1, -0.05) is 19.9 Å². The van der Waals surface area contributed by atoms with Crippen LogP contribution in [0.1, 0.15) is 38.0 Å². The van der Waals surface area contributed by atoms with Crippen LogP contribution < -0.4 is 5.73 Å². The lowest BCUT2D eigenvalue weighted by Crippen LogP contribution is -2.54. The Morgan fingerprint density at radius 1 is 1.61 bits per heavy atom. The fraction of sp³-hybridized carbons (Fsp3) is 0.643. The van der Waals surface area contributed by atoms with Gasteiger partial charge in [0.1, 0.15) is 0 Å². The van der Waals surface area contributed by atoms with E-state index in [0.29, 0.717) is 0 Å². The maximum atomic E-state index is 12.5. The van der Waals surface area contributed by atoms with Gasteiger partial charge in [0.25, 0.3) is 0 Å². The quantitative estimate of drug-likeness (QED) is 0.893. The molecular weight excluding hydrogens is 244 g/mol. The van der Waals surface area contributed by atoms with Crippen molar-refractivity contribution in [3.8, 4) is 0 Å². The molecular formula is C14H22N2OS. The molecule has 0 aliphatic carbocycles. The summed E-state index contributed by atoms with van der Waals surface area (Å²) in [5.41, 5.74) is 6.13. The van der Waals surface area contributed by atoms with E-state index in [1.165, 1.54) is 0 Å². The zero-order chi connectivity index (χ0) is 13.3. The third-order valence-corrected chi connectivity index (χ3v) is 5.02. The summed E-state index contributed by atoms with van der Waals surface area (Å²) in [5.74, 6) is 0.201. The number of amides is 1. The maximum absolute atomic E-state index is 12.5. The summed E-state index contributed by atoms with van der Waals surface area (Å²) >= 11 is 1.65. The summed E-state index contributed by atoms with van der Waals surface area (Å²) in [5, 5.41) is 2.02. The second-order valence-corrected chi connectivity index (χ2v) is 6.86. The molecule has 2 heterocycles. The first-order valence-electron chi connectivity index (χ1n) is 6.49. The third-order valence-electron chi connectivity index (χ3n) is 3.96. The molecule has 100 valence electrons. The lowest BCUT2D eigenvalue weighted by molar-refractivity contribution is -0.135. The summed E-state index contributed by atoms with van der Waals surface area (Å²) in [6.07, 6.45) is 0.899. The molecule has 18 heavy (non-hydrogen) atoms. The molecule has 1 amide bonds. The standard InChI is InChI=1S/C14H22N2OS/c1-10(11-5-4-8-18-11)13(17)16-7-6-12(15)14(2,3)9-16/h4-5,8,10,12H,6-7,9,15H2,1-3H3. The van der Waals surface area contributed by atoms with E-state index in [1.807, 2.05) is 29.3 Å². The number of thiophene rings is 1. The van der Waals surface area contributed by atoms with Gasteiger partial charge in [0.15, 0.2) is 0 Å². The lowest BCUT2D eigenvalue weighted by Gasteiger charge is -2.43. The molecule has 0 aromatic carbocycles. The zero-order valence-corrected chi connectivity index (χ0v) is 12.2. The van der Waals surface area contributed by atoms with E-state index in [1.54, 1.807) is 11.3 Å². The molecule has 0 spiro atoms. The van der Waals surface area contributed by atoms with Crippen LogP contribution in [0.25, 0.3) is 0 Å². The third kappa shape index (κ3) is 2.59. The Kier molecular flexibility index (Phi) is 3.78. The second-order valence-electron chi connectivity index (χ2n) is 5.88. The fourth-order valence-electron chi connectivity index (χ4n) is 2.50. The normalized spacial score (nSPS) is 24.9. The number of likely N-dealkylation sites (tertiary alicyclic amines) is 1. The van der Waals surface area contributed by atoms with Gasteiger partial charge >= 0.3 is 0 Å². The number of nitrogens with zero attached hydrogens (tertiary/aromatic N) is 1. The Hall–Kier alpha value is -0.870. The maximum Gasteiger partial charge on any atom is 0.230 e. The number of hydrogen-bond donors (Lipinski definition) is 1. The van der Waals surface area contributed by atoms with Crippen molar-refractivity contribution in [1.82, 2.24) is 4.90 Å². The molecule has 1 aromatic rings. The van der Waals surface area contributed by atoms with Crippen LogP contribution in [0, 0.1) is 5.41 Å². The molecule has 2 rings (SSSR count). The van der Waals surface area contributed by atoms with E-state index in [0.717, 1.165) is 24.4 Å². The molecule has 1 aliphatic heterocycles. The Labute approximate surface area is 113 Å². The number of rotatable bonds is 2. The molecule has 4 heteroatoms. The van der Waals surface area contributed by atoms with E-state index in [-0.39, 0.29) is 23.3 Å². The average molecular weight is 266 g/mol. The molecule has 2 unspecified atom stereocenters. The summed E-state index contributed by atoms with van der Waals surface area (Å²) in [6.45, 7) is 7.84. The Morgan fingerprint density at radius 3 is 2.89 bits per heavy atom. The molecule has 0 bridgehead atoms. The van der Waals surface area contributed by atoms with Crippen LogP contribution in [-0.2, 0) is 4.79 Å². The van der Waals surface area contributed by atoms with Gasteiger partial charge in [-0.25, -0.2) is 0 Å². The first-order chi connectivity index (χ1) is 8.42.